The van der Waals surface area contributed by atoms with Crippen molar-refractivity contribution < 1.29 is 22.7 Å². The molecule has 0 spiro atoms. The van der Waals surface area contributed by atoms with Gasteiger partial charge in [0.2, 0.25) is 0 Å². The molecule has 192 valence electrons. The van der Waals surface area contributed by atoms with Crippen LogP contribution in [0.1, 0.15) is 47.2 Å². The number of rotatable bonds is 6. The number of aryl methyl sites for hydroxylation is 1. The molecule has 0 radical (unpaired) electrons. The number of nitrogens with one attached hydrogen (secondary N) is 2. The second kappa shape index (κ2) is 10.2. The van der Waals surface area contributed by atoms with Gasteiger partial charge in [0.25, 0.3) is 5.91 Å². The van der Waals surface area contributed by atoms with Crippen LogP contribution in [0.25, 0.3) is 10.9 Å². The number of aromatic nitrogens is 2. The minimum Gasteiger partial charge on any atom is -0.399 e. The number of alkyl halides is 3. The fraction of sp³-hybridized carbons (Fsp3) is 0.400. The van der Waals surface area contributed by atoms with Crippen LogP contribution in [0, 0.1) is 6.92 Å². The number of nitrogens with zero attached hydrogens (tertiary/aromatic N) is 3. The van der Waals surface area contributed by atoms with Crippen molar-refractivity contribution in [3.63, 3.8) is 0 Å². The predicted molar refractivity (Wildman–Crippen MR) is 133 cm³/mol. The lowest BCUT2D eigenvalue weighted by atomic mass is 10.0. The molecular weight excluding hydrogens is 473 g/mol. The molecule has 2 heterocycles. The molecule has 0 unspecified atom stereocenters. The SMILES string of the molecule is CCNc1cc2c(N[C@H](C)c3cc(N)cc(C(F)(F)F)c3)nc(C)nc2cc1C(=O)N1CCOCC1. The normalized spacial score (nSPS) is 15.1. The van der Waals surface area contributed by atoms with Crippen LogP contribution in [0.5, 0.6) is 0 Å². The first-order valence-corrected chi connectivity index (χ1v) is 11.7. The minimum absolute atomic E-state index is 0.0258. The van der Waals surface area contributed by atoms with Gasteiger partial charge in [-0.05, 0) is 56.7 Å². The number of hydrogen-bond donors (Lipinski definition) is 3. The molecule has 1 fully saturated rings. The summed E-state index contributed by atoms with van der Waals surface area (Å²) in [4.78, 5) is 24.1. The summed E-state index contributed by atoms with van der Waals surface area (Å²) in [5, 5.41) is 7.10. The average Bonchev–Trinajstić information content (AvgIpc) is 2.83. The van der Waals surface area contributed by atoms with Gasteiger partial charge in [-0.1, -0.05) is 0 Å². The molecule has 0 saturated carbocycles. The van der Waals surface area contributed by atoms with Crippen molar-refractivity contribution in [3.8, 4) is 0 Å². The maximum atomic E-state index is 13.3. The number of fused-ring (bicyclic) bond motifs is 1. The molecule has 4 N–H and O–H groups in total. The van der Waals surface area contributed by atoms with E-state index in [0.29, 0.717) is 72.2 Å². The van der Waals surface area contributed by atoms with Gasteiger partial charge in [-0.15, -0.1) is 0 Å². The third-order valence-corrected chi connectivity index (χ3v) is 6.00. The summed E-state index contributed by atoms with van der Waals surface area (Å²) in [6.07, 6.45) is -4.51. The number of nitrogen functional groups attached to an aromatic ring is 1. The van der Waals surface area contributed by atoms with E-state index in [1.54, 1.807) is 24.8 Å². The Morgan fingerprint density at radius 3 is 2.56 bits per heavy atom. The van der Waals surface area contributed by atoms with Crippen LogP contribution in [0.4, 0.5) is 30.4 Å². The van der Waals surface area contributed by atoms with E-state index in [1.165, 1.54) is 6.07 Å². The molecule has 0 aliphatic carbocycles. The zero-order chi connectivity index (χ0) is 26.0. The summed E-state index contributed by atoms with van der Waals surface area (Å²) < 4.78 is 45.3. The molecule has 1 aromatic heterocycles. The van der Waals surface area contributed by atoms with Crippen molar-refractivity contribution in [2.75, 3.05) is 49.2 Å². The first-order valence-electron chi connectivity index (χ1n) is 11.7. The summed E-state index contributed by atoms with van der Waals surface area (Å²) in [6.45, 7) is 7.97. The van der Waals surface area contributed by atoms with Crippen LogP contribution in [-0.4, -0.2) is 53.6 Å². The van der Waals surface area contributed by atoms with Crippen molar-refractivity contribution in [2.45, 2.75) is 33.0 Å². The number of halogens is 3. The molecule has 1 amide bonds. The molecular formula is C25H29F3N6O2. The number of carbonyl (C=O) groups is 1. The molecule has 11 heteroatoms. The Kier molecular flexibility index (Phi) is 7.21. The third-order valence-electron chi connectivity index (χ3n) is 6.00. The number of morpholine rings is 1. The zero-order valence-corrected chi connectivity index (χ0v) is 20.4. The van der Waals surface area contributed by atoms with Crippen molar-refractivity contribution in [2.24, 2.45) is 0 Å². The molecule has 1 aliphatic heterocycles. The number of amides is 1. The summed E-state index contributed by atoms with van der Waals surface area (Å²) in [5.41, 5.74) is 7.03. The quantitative estimate of drug-likeness (QED) is 0.423. The lowest BCUT2D eigenvalue weighted by Crippen LogP contribution is -2.41. The van der Waals surface area contributed by atoms with Crippen molar-refractivity contribution in [3.05, 3.63) is 52.8 Å². The van der Waals surface area contributed by atoms with E-state index in [-0.39, 0.29) is 11.6 Å². The van der Waals surface area contributed by atoms with Gasteiger partial charge in [0, 0.05) is 36.4 Å². The van der Waals surface area contributed by atoms with Crippen molar-refractivity contribution in [1.29, 1.82) is 0 Å². The number of nitrogens with two attached hydrogens (primary N) is 1. The summed E-state index contributed by atoms with van der Waals surface area (Å²) in [6, 6.07) is 6.50. The first kappa shape index (κ1) is 25.5. The van der Waals surface area contributed by atoms with E-state index in [0.717, 1.165) is 12.1 Å². The zero-order valence-electron chi connectivity index (χ0n) is 20.4. The number of anilines is 3. The Balaban J connectivity index is 1.74. The van der Waals surface area contributed by atoms with Crippen LogP contribution < -0.4 is 16.4 Å². The second-order valence-corrected chi connectivity index (χ2v) is 8.72. The molecule has 3 aromatic rings. The number of benzene rings is 2. The Morgan fingerprint density at radius 1 is 1.17 bits per heavy atom. The molecule has 1 aliphatic rings. The van der Waals surface area contributed by atoms with E-state index in [9.17, 15) is 18.0 Å². The van der Waals surface area contributed by atoms with Gasteiger partial charge >= 0.3 is 6.18 Å². The van der Waals surface area contributed by atoms with Crippen LogP contribution in [-0.2, 0) is 10.9 Å². The standard InChI is InChI=1S/C25H29F3N6O2/c1-4-30-21-12-19-22(13-20(21)24(35)34-5-7-36-8-6-34)32-15(3)33-23(19)31-14(2)16-9-17(25(26,27)28)11-18(29)10-16/h9-14,30H,4-8,29H2,1-3H3,(H,31,32,33)/t14-/m1/s1. The topological polar surface area (TPSA) is 105 Å². The Bertz CT molecular complexity index is 1270. The minimum atomic E-state index is -4.51. The number of hydrogen-bond acceptors (Lipinski definition) is 7. The number of carbonyl (C=O) groups excluding carboxylic acids is 1. The van der Waals surface area contributed by atoms with Gasteiger partial charge in [0.1, 0.15) is 11.6 Å². The van der Waals surface area contributed by atoms with Crippen LogP contribution in [0.15, 0.2) is 30.3 Å². The molecule has 4 rings (SSSR count). The van der Waals surface area contributed by atoms with Gasteiger partial charge in [0.05, 0.1) is 35.9 Å². The highest BCUT2D eigenvalue weighted by Crippen LogP contribution is 2.35. The van der Waals surface area contributed by atoms with Gasteiger partial charge in [-0.3, -0.25) is 4.79 Å². The summed E-state index contributed by atoms with van der Waals surface area (Å²) in [7, 11) is 0. The maximum Gasteiger partial charge on any atom is 0.416 e. The predicted octanol–water partition coefficient (Wildman–Crippen LogP) is 4.62. The van der Waals surface area contributed by atoms with Crippen molar-refractivity contribution >= 4 is 34.0 Å². The molecule has 1 atom stereocenters. The fourth-order valence-electron chi connectivity index (χ4n) is 4.23. The second-order valence-electron chi connectivity index (χ2n) is 8.72. The van der Waals surface area contributed by atoms with Gasteiger partial charge < -0.3 is 26.0 Å². The third kappa shape index (κ3) is 5.46. The molecule has 8 nitrogen and oxygen atoms in total. The molecule has 2 aromatic carbocycles. The first-order chi connectivity index (χ1) is 17.1. The van der Waals surface area contributed by atoms with Gasteiger partial charge in [-0.25, -0.2) is 9.97 Å². The highest BCUT2D eigenvalue weighted by molar-refractivity contribution is 6.05. The van der Waals surface area contributed by atoms with E-state index in [2.05, 4.69) is 20.6 Å². The average molecular weight is 503 g/mol. The van der Waals surface area contributed by atoms with Crippen molar-refractivity contribution in [1.82, 2.24) is 14.9 Å². The highest BCUT2D eigenvalue weighted by Gasteiger charge is 2.31. The lowest BCUT2D eigenvalue weighted by molar-refractivity contribution is -0.137. The summed E-state index contributed by atoms with van der Waals surface area (Å²) >= 11 is 0. The smallest absolute Gasteiger partial charge is 0.399 e. The van der Waals surface area contributed by atoms with Crippen LogP contribution in [0.3, 0.4) is 0 Å². The Morgan fingerprint density at radius 2 is 1.89 bits per heavy atom. The van der Waals surface area contributed by atoms with Gasteiger partial charge in [-0.2, -0.15) is 13.2 Å². The van der Waals surface area contributed by atoms with Crippen LogP contribution in [0.2, 0.25) is 0 Å². The van der Waals surface area contributed by atoms with Crippen LogP contribution >= 0.6 is 0 Å². The molecule has 36 heavy (non-hydrogen) atoms. The number of ether oxygens (including phenoxy) is 1. The van der Waals surface area contributed by atoms with E-state index < -0.39 is 17.8 Å². The monoisotopic (exact) mass is 502 g/mol. The van der Waals surface area contributed by atoms with E-state index >= 15 is 0 Å². The Hall–Kier alpha value is -3.60. The highest BCUT2D eigenvalue weighted by atomic mass is 19.4. The Labute approximate surface area is 207 Å². The maximum absolute atomic E-state index is 13.3. The van der Waals surface area contributed by atoms with E-state index in [1.807, 2.05) is 13.0 Å². The summed E-state index contributed by atoms with van der Waals surface area (Å²) in [5.74, 6) is 0.793. The molecule has 1 saturated heterocycles. The fourth-order valence-corrected chi connectivity index (χ4v) is 4.23. The molecule has 0 bridgehead atoms. The largest absolute Gasteiger partial charge is 0.416 e. The van der Waals surface area contributed by atoms with Gasteiger partial charge in [0.15, 0.2) is 0 Å². The lowest BCUT2D eigenvalue weighted by Gasteiger charge is -2.28. The van der Waals surface area contributed by atoms with E-state index in [4.69, 9.17) is 10.5 Å².